The molecule has 0 spiro atoms. The van der Waals surface area contributed by atoms with Crippen LogP contribution in [0.25, 0.3) is 17.0 Å². The van der Waals surface area contributed by atoms with Gasteiger partial charge in [0.25, 0.3) is 5.78 Å². The fourth-order valence-corrected chi connectivity index (χ4v) is 1.95. The first-order chi connectivity index (χ1) is 9.15. The highest BCUT2D eigenvalue weighted by Crippen LogP contribution is 2.22. The Morgan fingerprint density at radius 1 is 1.32 bits per heavy atom. The first-order valence-corrected chi connectivity index (χ1v) is 5.73. The molecule has 0 radical (unpaired) electrons. The molecule has 0 unspecified atom stereocenters. The number of rotatable bonds is 2. The average Bonchev–Trinajstić information content (AvgIpc) is 2.85. The van der Waals surface area contributed by atoms with Crippen LogP contribution in [0.1, 0.15) is 10.5 Å². The van der Waals surface area contributed by atoms with E-state index in [9.17, 15) is 9.90 Å². The predicted octanol–water partition coefficient (Wildman–Crippen LogP) is 2.14. The second-order valence-corrected chi connectivity index (χ2v) is 4.25. The number of halogens is 1. The van der Waals surface area contributed by atoms with E-state index in [1.807, 2.05) is 0 Å². The minimum atomic E-state index is -1.10. The van der Waals surface area contributed by atoms with E-state index in [-0.39, 0.29) is 11.5 Å². The molecule has 0 atom stereocenters. The molecule has 19 heavy (non-hydrogen) atoms. The van der Waals surface area contributed by atoms with E-state index in [4.69, 9.17) is 11.6 Å². The largest absolute Gasteiger partial charge is 0.477 e. The number of nitrogens with zero attached hydrogens (tertiary/aromatic N) is 4. The molecule has 0 bridgehead atoms. The van der Waals surface area contributed by atoms with E-state index >= 15 is 0 Å². The van der Waals surface area contributed by atoms with E-state index < -0.39 is 5.97 Å². The fraction of sp³-hybridized carbons (Fsp3) is 0. The minimum Gasteiger partial charge on any atom is -0.477 e. The van der Waals surface area contributed by atoms with Crippen LogP contribution in [-0.4, -0.2) is 30.7 Å². The summed E-state index contributed by atoms with van der Waals surface area (Å²) in [5.74, 6) is -0.865. The van der Waals surface area contributed by atoms with Gasteiger partial charge in [0.1, 0.15) is 6.33 Å². The molecule has 3 aromatic rings. The minimum absolute atomic E-state index is 0.00234. The van der Waals surface area contributed by atoms with E-state index in [2.05, 4.69) is 15.1 Å². The lowest BCUT2D eigenvalue weighted by Gasteiger charge is -2.04. The van der Waals surface area contributed by atoms with Crippen LogP contribution in [0.15, 0.2) is 36.7 Å². The maximum absolute atomic E-state index is 11.2. The molecule has 94 valence electrons. The van der Waals surface area contributed by atoms with Gasteiger partial charge in [0, 0.05) is 10.6 Å². The van der Waals surface area contributed by atoms with Crippen molar-refractivity contribution in [1.29, 1.82) is 0 Å². The first kappa shape index (κ1) is 11.6. The summed E-state index contributed by atoms with van der Waals surface area (Å²) < 4.78 is 1.18. The Labute approximate surface area is 112 Å². The second kappa shape index (κ2) is 4.33. The molecule has 0 aliphatic carbocycles. The molecular formula is C12H7ClN4O2. The van der Waals surface area contributed by atoms with Crippen LogP contribution in [0.2, 0.25) is 5.02 Å². The van der Waals surface area contributed by atoms with Crippen LogP contribution in [0.3, 0.4) is 0 Å². The van der Waals surface area contributed by atoms with Crippen LogP contribution >= 0.6 is 11.6 Å². The van der Waals surface area contributed by atoms with Gasteiger partial charge in [-0.2, -0.15) is 14.6 Å². The Hall–Kier alpha value is -2.47. The Bertz CT molecular complexity index is 784. The van der Waals surface area contributed by atoms with Gasteiger partial charge in [-0.05, 0) is 18.2 Å². The third kappa shape index (κ3) is 2.02. The quantitative estimate of drug-likeness (QED) is 0.774. The van der Waals surface area contributed by atoms with Crippen molar-refractivity contribution >= 4 is 23.3 Å². The van der Waals surface area contributed by atoms with Crippen molar-refractivity contribution < 1.29 is 9.90 Å². The molecule has 2 heterocycles. The zero-order valence-electron chi connectivity index (χ0n) is 9.49. The van der Waals surface area contributed by atoms with Gasteiger partial charge in [0.2, 0.25) is 0 Å². The molecule has 0 aliphatic heterocycles. The van der Waals surface area contributed by atoms with Crippen LogP contribution in [0.4, 0.5) is 0 Å². The molecule has 0 aliphatic rings. The molecule has 0 saturated heterocycles. The van der Waals surface area contributed by atoms with Crippen LogP contribution in [0.5, 0.6) is 0 Å². The smallest absolute Gasteiger partial charge is 0.354 e. The summed E-state index contributed by atoms with van der Waals surface area (Å²) in [7, 11) is 0. The highest BCUT2D eigenvalue weighted by molar-refractivity contribution is 6.30. The molecule has 7 heteroatoms. The zero-order chi connectivity index (χ0) is 13.4. The molecule has 0 fully saturated rings. The predicted molar refractivity (Wildman–Crippen MR) is 68.2 cm³/mol. The fourth-order valence-electron chi connectivity index (χ4n) is 1.76. The molecule has 1 N–H and O–H groups in total. The Balaban J connectivity index is 2.27. The monoisotopic (exact) mass is 274 g/mol. The Morgan fingerprint density at radius 2 is 2.16 bits per heavy atom. The molecule has 3 rings (SSSR count). The number of aromatic nitrogens is 4. The molecule has 1 aromatic carbocycles. The van der Waals surface area contributed by atoms with Crippen LogP contribution < -0.4 is 0 Å². The lowest BCUT2D eigenvalue weighted by Crippen LogP contribution is -2.08. The number of fused-ring (bicyclic) bond motifs is 1. The van der Waals surface area contributed by atoms with Gasteiger partial charge in [-0.3, -0.25) is 0 Å². The van der Waals surface area contributed by atoms with Gasteiger partial charge in [0.15, 0.2) is 5.69 Å². The standard InChI is InChI=1S/C12H7ClN4O2/c13-8-3-1-2-7(4-8)9-5-10(11(18)19)17-12(16-9)14-6-15-17/h1-6H,(H,18,19). The van der Waals surface area contributed by atoms with E-state index in [0.29, 0.717) is 10.7 Å². The third-order valence-electron chi connectivity index (χ3n) is 2.59. The summed E-state index contributed by atoms with van der Waals surface area (Å²) in [5.41, 5.74) is 1.21. The van der Waals surface area contributed by atoms with Crippen molar-refractivity contribution in [2.45, 2.75) is 0 Å². The maximum Gasteiger partial charge on any atom is 0.354 e. The van der Waals surface area contributed by atoms with Crippen molar-refractivity contribution in [2.75, 3.05) is 0 Å². The lowest BCUT2D eigenvalue weighted by atomic mass is 10.1. The number of hydrogen-bond donors (Lipinski definition) is 1. The maximum atomic E-state index is 11.2. The van der Waals surface area contributed by atoms with Gasteiger partial charge in [-0.15, -0.1) is 0 Å². The molecular weight excluding hydrogens is 268 g/mol. The number of carbonyl (C=O) groups is 1. The number of carboxylic acids is 1. The normalized spacial score (nSPS) is 10.8. The van der Waals surface area contributed by atoms with Crippen molar-refractivity contribution in [3.63, 3.8) is 0 Å². The Kier molecular flexibility index (Phi) is 2.64. The van der Waals surface area contributed by atoms with Gasteiger partial charge < -0.3 is 5.11 Å². The molecule has 0 amide bonds. The highest BCUT2D eigenvalue weighted by atomic mass is 35.5. The van der Waals surface area contributed by atoms with Gasteiger partial charge in [0.05, 0.1) is 5.69 Å². The van der Waals surface area contributed by atoms with Gasteiger partial charge in [-0.25, -0.2) is 9.78 Å². The lowest BCUT2D eigenvalue weighted by molar-refractivity contribution is 0.0687. The van der Waals surface area contributed by atoms with Crippen molar-refractivity contribution in [2.24, 2.45) is 0 Å². The second-order valence-electron chi connectivity index (χ2n) is 3.81. The topological polar surface area (TPSA) is 80.4 Å². The average molecular weight is 275 g/mol. The van der Waals surface area contributed by atoms with Crippen LogP contribution in [-0.2, 0) is 0 Å². The Morgan fingerprint density at radius 3 is 2.89 bits per heavy atom. The van der Waals surface area contributed by atoms with E-state index in [1.165, 1.54) is 16.9 Å². The van der Waals surface area contributed by atoms with Crippen molar-refractivity contribution in [3.05, 3.63) is 47.4 Å². The summed E-state index contributed by atoms with van der Waals surface area (Å²) in [5, 5.41) is 13.6. The van der Waals surface area contributed by atoms with E-state index in [1.54, 1.807) is 24.3 Å². The molecule has 2 aromatic heterocycles. The first-order valence-electron chi connectivity index (χ1n) is 5.35. The summed E-state index contributed by atoms with van der Waals surface area (Å²) >= 11 is 5.92. The van der Waals surface area contributed by atoms with E-state index in [0.717, 1.165) is 5.56 Å². The van der Waals surface area contributed by atoms with Crippen molar-refractivity contribution in [1.82, 2.24) is 19.6 Å². The van der Waals surface area contributed by atoms with Gasteiger partial charge >= 0.3 is 5.97 Å². The third-order valence-corrected chi connectivity index (χ3v) is 2.83. The number of benzene rings is 1. The highest BCUT2D eigenvalue weighted by Gasteiger charge is 2.14. The van der Waals surface area contributed by atoms with Crippen LogP contribution in [0, 0.1) is 0 Å². The number of aromatic carboxylic acids is 1. The number of carboxylic acid groups (broad SMARTS) is 1. The van der Waals surface area contributed by atoms with Gasteiger partial charge in [-0.1, -0.05) is 23.7 Å². The summed E-state index contributed by atoms with van der Waals surface area (Å²) in [4.78, 5) is 19.4. The number of hydrogen-bond acceptors (Lipinski definition) is 4. The SMILES string of the molecule is O=C(O)c1cc(-c2cccc(Cl)c2)nc2ncnn12. The summed E-state index contributed by atoms with van der Waals surface area (Å²) in [6, 6.07) is 8.46. The zero-order valence-corrected chi connectivity index (χ0v) is 10.2. The summed E-state index contributed by atoms with van der Waals surface area (Å²) in [6.07, 6.45) is 1.26. The molecule has 0 saturated carbocycles. The van der Waals surface area contributed by atoms with Crippen molar-refractivity contribution in [3.8, 4) is 11.3 Å². The summed E-state index contributed by atoms with van der Waals surface area (Å²) in [6.45, 7) is 0. The molecule has 6 nitrogen and oxygen atoms in total.